The summed E-state index contributed by atoms with van der Waals surface area (Å²) in [5, 5.41) is 0. The van der Waals surface area contributed by atoms with Crippen LogP contribution in [0.25, 0.3) is 0 Å². The lowest BCUT2D eigenvalue weighted by Gasteiger charge is -2.35. The molecule has 1 aromatic heterocycles. The number of rotatable bonds is 1. The van der Waals surface area contributed by atoms with Crippen LogP contribution >= 0.6 is 0 Å². The van der Waals surface area contributed by atoms with E-state index in [0.29, 0.717) is 5.69 Å². The van der Waals surface area contributed by atoms with Gasteiger partial charge in [-0.15, -0.1) is 0 Å². The summed E-state index contributed by atoms with van der Waals surface area (Å²) in [7, 11) is 1.72. The van der Waals surface area contributed by atoms with Gasteiger partial charge in [-0.25, -0.2) is 19.7 Å². The first kappa shape index (κ1) is 12.1. The summed E-state index contributed by atoms with van der Waals surface area (Å²) in [4.78, 5) is 35.7. The summed E-state index contributed by atoms with van der Waals surface area (Å²) in [6, 6.07) is -0.276. The van der Waals surface area contributed by atoms with Crippen LogP contribution in [0.3, 0.4) is 0 Å². The van der Waals surface area contributed by atoms with Crippen LogP contribution in [0.1, 0.15) is 32.1 Å². The molecule has 0 aromatic carbocycles. The van der Waals surface area contributed by atoms with Gasteiger partial charge in [-0.05, 0) is 12.8 Å². The predicted molar refractivity (Wildman–Crippen MR) is 68.5 cm³/mol. The molecule has 1 aliphatic carbocycles. The highest BCUT2D eigenvalue weighted by Crippen LogP contribution is 2.40. The summed E-state index contributed by atoms with van der Waals surface area (Å²) < 4.78 is 0. The molecule has 3 rings (SSSR count). The molecular weight excluding hydrogens is 244 g/mol. The Bertz CT molecular complexity index is 511. The van der Waals surface area contributed by atoms with Crippen LogP contribution in [-0.2, 0) is 4.79 Å². The van der Waals surface area contributed by atoms with Gasteiger partial charge in [0.1, 0.15) is 11.9 Å². The Kier molecular flexibility index (Phi) is 2.73. The summed E-state index contributed by atoms with van der Waals surface area (Å²) in [6.45, 7) is 0. The van der Waals surface area contributed by atoms with Crippen LogP contribution in [0, 0.1) is 0 Å². The number of urea groups is 1. The number of aromatic nitrogens is 2. The van der Waals surface area contributed by atoms with Gasteiger partial charge in [-0.2, -0.15) is 0 Å². The van der Waals surface area contributed by atoms with Gasteiger partial charge >= 0.3 is 6.03 Å². The van der Waals surface area contributed by atoms with Crippen LogP contribution in [0.15, 0.2) is 18.7 Å². The normalized spacial score (nSPS) is 22.4. The van der Waals surface area contributed by atoms with Crippen molar-refractivity contribution in [3.63, 3.8) is 0 Å². The van der Waals surface area contributed by atoms with Gasteiger partial charge in [0.05, 0.1) is 18.1 Å². The third-order valence-corrected chi connectivity index (χ3v) is 4.21. The van der Waals surface area contributed by atoms with Crippen molar-refractivity contribution in [1.82, 2.24) is 14.9 Å². The van der Waals surface area contributed by atoms with Gasteiger partial charge in [0.2, 0.25) is 0 Å². The van der Waals surface area contributed by atoms with E-state index in [1.807, 2.05) is 0 Å². The molecule has 1 saturated heterocycles. The first-order valence-electron chi connectivity index (χ1n) is 6.54. The number of anilines is 1. The Morgan fingerprint density at radius 2 is 1.74 bits per heavy atom. The molecular formula is C13H16N4O2. The van der Waals surface area contributed by atoms with Crippen LogP contribution in [0.2, 0.25) is 0 Å². The fraction of sp³-hybridized carbons (Fsp3) is 0.538. The van der Waals surface area contributed by atoms with Crippen molar-refractivity contribution in [3.8, 4) is 0 Å². The lowest BCUT2D eigenvalue weighted by molar-refractivity contribution is -0.126. The Labute approximate surface area is 111 Å². The Morgan fingerprint density at radius 3 is 2.37 bits per heavy atom. The molecule has 6 heteroatoms. The van der Waals surface area contributed by atoms with E-state index in [1.54, 1.807) is 11.9 Å². The quantitative estimate of drug-likeness (QED) is 0.719. The highest BCUT2D eigenvalue weighted by molar-refractivity contribution is 6.23. The maximum absolute atomic E-state index is 12.7. The molecule has 0 bridgehead atoms. The van der Waals surface area contributed by atoms with Gasteiger partial charge in [0, 0.05) is 7.05 Å². The second kappa shape index (κ2) is 4.29. The highest BCUT2D eigenvalue weighted by atomic mass is 16.2. The molecule has 2 heterocycles. The second-order valence-electron chi connectivity index (χ2n) is 5.17. The van der Waals surface area contributed by atoms with Crippen molar-refractivity contribution in [2.75, 3.05) is 11.9 Å². The summed E-state index contributed by atoms with van der Waals surface area (Å²) in [5.74, 6) is -0.130. The fourth-order valence-corrected chi connectivity index (χ4v) is 3.09. The number of likely N-dealkylation sites (N-methyl/N-ethyl adjacent to an activating group) is 1. The minimum absolute atomic E-state index is 0.130. The molecule has 0 N–H and O–H groups in total. The number of hydrogen-bond acceptors (Lipinski definition) is 4. The van der Waals surface area contributed by atoms with Crippen LogP contribution in [-0.4, -0.2) is 39.4 Å². The van der Waals surface area contributed by atoms with Crippen LogP contribution < -0.4 is 4.90 Å². The zero-order valence-electron chi connectivity index (χ0n) is 10.9. The van der Waals surface area contributed by atoms with E-state index in [9.17, 15) is 9.59 Å². The van der Waals surface area contributed by atoms with Gasteiger partial charge in [0.15, 0.2) is 0 Å². The zero-order valence-corrected chi connectivity index (χ0v) is 10.9. The molecule has 0 radical (unpaired) electrons. The van der Waals surface area contributed by atoms with Crippen molar-refractivity contribution in [2.24, 2.45) is 0 Å². The number of hydrogen-bond donors (Lipinski definition) is 0. The third-order valence-electron chi connectivity index (χ3n) is 4.21. The van der Waals surface area contributed by atoms with Crippen LogP contribution in [0.4, 0.5) is 10.5 Å². The van der Waals surface area contributed by atoms with Gasteiger partial charge in [0.25, 0.3) is 5.91 Å². The minimum atomic E-state index is -0.648. The number of nitrogens with zero attached hydrogens (tertiary/aromatic N) is 4. The lowest BCUT2D eigenvalue weighted by atomic mass is 9.81. The summed E-state index contributed by atoms with van der Waals surface area (Å²) >= 11 is 0. The lowest BCUT2D eigenvalue weighted by Crippen LogP contribution is -2.49. The minimum Gasteiger partial charge on any atom is -0.312 e. The van der Waals surface area contributed by atoms with Crippen molar-refractivity contribution < 1.29 is 9.59 Å². The van der Waals surface area contributed by atoms with Crippen molar-refractivity contribution in [1.29, 1.82) is 0 Å². The van der Waals surface area contributed by atoms with E-state index in [0.717, 1.165) is 32.1 Å². The average Bonchev–Trinajstić information content (AvgIpc) is 2.63. The highest BCUT2D eigenvalue weighted by Gasteiger charge is 2.56. The first-order chi connectivity index (χ1) is 9.17. The molecule has 100 valence electrons. The van der Waals surface area contributed by atoms with Gasteiger partial charge < -0.3 is 4.90 Å². The molecule has 1 saturated carbocycles. The molecule has 19 heavy (non-hydrogen) atoms. The van der Waals surface area contributed by atoms with E-state index < -0.39 is 5.54 Å². The van der Waals surface area contributed by atoms with Gasteiger partial charge in [-0.1, -0.05) is 19.3 Å². The second-order valence-corrected chi connectivity index (χ2v) is 5.17. The third kappa shape index (κ3) is 1.63. The molecule has 1 aromatic rings. The van der Waals surface area contributed by atoms with Crippen molar-refractivity contribution in [3.05, 3.63) is 18.7 Å². The van der Waals surface area contributed by atoms with E-state index in [4.69, 9.17) is 0 Å². The maximum atomic E-state index is 12.7. The summed E-state index contributed by atoms with van der Waals surface area (Å²) in [5.41, 5.74) is -0.197. The molecule has 1 aliphatic heterocycles. The largest absolute Gasteiger partial charge is 0.332 e. The molecule has 3 amide bonds. The Balaban J connectivity index is 2.00. The fourth-order valence-electron chi connectivity index (χ4n) is 3.09. The topological polar surface area (TPSA) is 66.4 Å². The standard InChI is InChI=1S/C13H16N4O2/c1-16-12(19)17(10-7-14-9-15-8-10)11(18)13(16)5-3-2-4-6-13/h7-9H,2-6H2,1H3. The smallest absolute Gasteiger partial charge is 0.312 e. The number of carbonyl (C=O) groups excluding carboxylic acids is 2. The molecule has 0 unspecified atom stereocenters. The summed E-state index contributed by atoms with van der Waals surface area (Å²) in [6.07, 6.45) is 8.98. The van der Waals surface area contributed by atoms with E-state index >= 15 is 0 Å². The van der Waals surface area contributed by atoms with E-state index in [1.165, 1.54) is 23.6 Å². The predicted octanol–water partition coefficient (Wildman–Crippen LogP) is 1.58. The van der Waals surface area contributed by atoms with E-state index in [2.05, 4.69) is 9.97 Å². The van der Waals surface area contributed by atoms with Crippen LogP contribution in [0.5, 0.6) is 0 Å². The molecule has 2 fully saturated rings. The van der Waals surface area contributed by atoms with Gasteiger partial charge in [-0.3, -0.25) is 4.79 Å². The van der Waals surface area contributed by atoms with E-state index in [-0.39, 0.29) is 11.9 Å². The molecule has 2 aliphatic rings. The maximum Gasteiger partial charge on any atom is 0.332 e. The number of imide groups is 1. The zero-order chi connectivity index (χ0) is 13.5. The SMILES string of the molecule is CN1C(=O)N(c2cncnc2)C(=O)C12CCCCC2. The molecule has 0 atom stereocenters. The first-order valence-corrected chi connectivity index (χ1v) is 6.54. The van der Waals surface area contributed by atoms with Crippen molar-refractivity contribution >= 4 is 17.6 Å². The van der Waals surface area contributed by atoms with Crippen molar-refractivity contribution in [2.45, 2.75) is 37.6 Å². The Morgan fingerprint density at radius 1 is 1.11 bits per heavy atom. The number of amides is 3. The molecule has 1 spiro atoms. The Hall–Kier alpha value is -1.98. The monoisotopic (exact) mass is 260 g/mol. The number of carbonyl (C=O) groups is 2. The molecule has 6 nitrogen and oxygen atoms in total. The average molecular weight is 260 g/mol.